The molecular formula is C30H35N2O19+. The summed E-state index contributed by atoms with van der Waals surface area (Å²) in [5, 5.41) is 113. The van der Waals surface area contributed by atoms with Gasteiger partial charge in [0.05, 0.1) is 19.1 Å². The van der Waals surface area contributed by atoms with Gasteiger partial charge in [-0.15, -0.1) is 0 Å². The van der Waals surface area contributed by atoms with E-state index < -0.39 is 121 Å². The number of fused-ring (bicyclic) bond motifs is 1. The van der Waals surface area contributed by atoms with E-state index in [1.165, 1.54) is 29.0 Å². The monoisotopic (exact) mass is 727 g/mol. The molecule has 4 aliphatic rings. The summed E-state index contributed by atoms with van der Waals surface area (Å²) in [5.41, 5.74) is 0.282. The Morgan fingerprint density at radius 1 is 0.863 bits per heavy atom. The molecule has 21 heteroatoms. The lowest BCUT2D eigenvalue weighted by Gasteiger charge is -2.45. The molecular weight excluding hydrogens is 692 g/mol. The molecule has 0 bridgehead atoms. The number of aliphatic hydroxyl groups excluding tert-OH is 6. The molecule has 0 spiro atoms. The molecule has 0 radical (unpaired) electrons. The zero-order chi connectivity index (χ0) is 37.5. The second-order valence-electron chi connectivity index (χ2n) is 12.1. The van der Waals surface area contributed by atoms with E-state index in [1.807, 2.05) is 0 Å². The summed E-state index contributed by atoms with van der Waals surface area (Å²) in [5.74, 6) is -6.79. The molecule has 2 saturated heterocycles. The molecule has 5 rings (SSSR count). The van der Waals surface area contributed by atoms with E-state index in [4.69, 9.17) is 18.9 Å². The molecule has 0 amide bonds. The number of aromatic hydroxyl groups is 1. The number of aliphatic hydroxyl groups is 6. The molecule has 278 valence electrons. The first-order valence-electron chi connectivity index (χ1n) is 15.2. The zero-order valence-electron chi connectivity index (χ0n) is 26.1. The summed E-state index contributed by atoms with van der Waals surface area (Å²) < 4.78 is 23.2. The van der Waals surface area contributed by atoms with Crippen LogP contribution < -0.4 is 10.1 Å². The maximum absolute atomic E-state index is 12.2. The van der Waals surface area contributed by atoms with Crippen molar-refractivity contribution < 1.29 is 98.9 Å². The minimum Gasteiger partial charge on any atom is -0.504 e. The Kier molecular flexibility index (Phi) is 10.9. The van der Waals surface area contributed by atoms with E-state index in [1.54, 1.807) is 0 Å². The van der Waals surface area contributed by atoms with Crippen LogP contribution in [-0.2, 0) is 39.8 Å². The number of carboxylic acid groups (broad SMARTS) is 4. The predicted octanol–water partition coefficient (Wildman–Crippen LogP) is -4.45. The SMILES string of the molecule is O=C(O)C1=C/C(=C\C=[N+]2c3cc(O)c(O[C@@H]4O[C@H](CO)[C@@H](O)[C@H](O)[C@H]4O[C@@H]4O[C@H](C(=O)O)[C@@H](O)[C@H](O)[C@@H]4O)cc3C[C@@H]2C(=O)O)C[C@H](C(=O)O)N1. The van der Waals surface area contributed by atoms with Crippen molar-refractivity contribution >= 4 is 35.8 Å². The average molecular weight is 728 g/mol. The predicted molar refractivity (Wildman–Crippen MR) is 160 cm³/mol. The summed E-state index contributed by atoms with van der Waals surface area (Å²) in [7, 11) is 0. The highest BCUT2D eigenvalue weighted by Gasteiger charge is 2.53. The molecule has 4 aliphatic heterocycles. The van der Waals surface area contributed by atoms with E-state index in [-0.39, 0.29) is 29.7 Å². The van der Waals surface area contributed by atoms with Gasteiger partial charge in [-0.3, -0.25) is 0 Å². The molecule has 12 N–H and O–H groups in total. The number of nitrogens with zero attached hydrogens (tertiary/aromatic N) is 1. The van der Waals surface area contributed by atoms with Crippen LogP contribution in [-0.4, -0.2) is 171 Å². The van der Waals surface area contributed by atoms with Crippen molar-refractivity contribution in [2.45, 2.75) is 86.3 Å². The quantitative estimate of drug-likeness (QED) is 0.101. The van der Waals surface area contributed by atoms with Gasteiger partial charge in [-0.1, -0.05) is 0 Å². The topological polar surface area (TPSA) is 343 Å². The number of carboxylic acids is 4. The Labute approximate surface area is 285 Å². The van der Waals surface area contributed by atoms with E-state index in [0.717, 1.165) is 6.07 Å². The number of phenolic OH excluding ortho intramolecular Hbond substituents is 1. The zero-order valence-corrected chi connectivity index (χ0v) is 26.1. The molecule has 0 aliphatic carbocycles. The van der Waals surface area contributed by atoms with Gasteiger partial charge in [-0.2, -0.15) is 4.58 Å². The molecule has 12 atom stereocenters. The minimum absolute atomic E-state index is 0.140. The van der Waals surface area contributed by atoms with Gasteiger partial charge in [0, 0.05) is 18.1 Å². The Hall–Kier alpha value is -4.71. The van der Waals surface area contributed by atoms with Gasteiger partial charge in [0.2, 0.25) is 12.0 Å². The molecule has 1 aromatic carbocycles. The number of carbonyl (C=O) groups is 4. The molecule has 0 unspecified atom stereocenters. The minimum atomic E-state index is -2.09. The van der Waals surface area contributed by atoms with Crippen LogP contribution in [0, 0.1) is 0 Å². The first-order valence-corrected chi connectivity index (χ1v) is 15.2. The van der Waals surface area contributed by atoms with Crippen molar-refractivity contribution in [2.75, 3.05) is 6.61 Å². The summed E-state index contributed by atoms with van der Waals surface area (Å²) >= 11 is 0. The number of hydrogen-bond donors (Lipinski definition) is 12. The van der Waals surface area contributed by atoms with Gasteiger partial charge in [-0.25, -0.2) is 19.2 Å². The summed E-state index contributed by atoms with van der Waals surface area (Å²) in [4.78, 5) is 46.8. The van der Waals surface area contributed by atoms with Crippen LogP contribution >= 0.6 is 0 Å². The number of rotatable bonds is 10. The fourth-order valence-corrected chi connectivity index (χ4v) is 6.03. The number of nitrogens with one attached hydrogen (secondary N) is 1. The fraction of sp³-hybridized carbons (Fsp3) is 0.500. The largest absolute Gasteiger partial charge is 0.504 e. The van der Waals surface area contributed by atoms with E-state index in [2.05, 4.69) is 5.32 Å². The maximum atomic E-state index is 12.2. The highest BCUT2D eigenvalue weighted by molar-refractivity contribution is 5.89. The van der Waals surface area contributed by atoms with Crippen molar-refractivity contribution in [3.05, 3.63) is 41.1 Å². The van der Waals surface area contributed by atoms with Gasteiger partial charge in [-0.05, 0) is 17.7 Å². The average Bonchev–Trinajstić information content (AvgIpc) is 3.43. The van der Waals surface area contributed by atoms with Crippen molar-refractivity contribution in [1.82, 2.24) is 5.32 Å². The lowest BCUT2D eigenvalue weighted by atomic mass is 9.97. The van der Waals surface area contributed by atoms with E-state index in [0.29, 0.717) is 0 Å². The molecule has 1 aromatic rings. The highest BCUT2D eigenvalue weighted by Crippen LogP contribution is 2.41. The molecule has 0 saturated carbocycles. The summed E-state index contributed by atoms with van der Waals surface area (Å²) in [6.45, 7) is -0.859. The Balaban J connectivity index is 1.46. The molecule has 0 aromatic heterocycles. The van der Waals surface area contributed by atoms with Crippen LogP contribution in [0.4, 0.5) is 5.69 Å². The van der Waals surface area contributed by atoms with Crippen LogP contribution in [0.5, 0.6) is 11.5 Å². The normalized spacial score (nSPS) is 36.5. The van der Waals surface area contributed by atoms with Crippen LogP contribution in [0.2, 0.25) is 0 Å². The van der Waals surface area contributed by atoms with E-state index >= 15 is 0 Å². The molecule has 51 heavy (non-hydrogen) atoms. The third-order valence-corrected chi connectivity index (χ3v) is 8.72. The van der Waals surface area contributed by atoms with Gasteiger partial charge < -0.3 is 80.4 Å². The fourth-order valence-electron chi connectivity index (χ4n) is 6.03. The Bertz CT molecular complexity index is 1660. The van der Waals surface area contributed by atoms with Crippen molar-refractivity contribution in [3.63, 3.8) is 0 Å². The number of allylic oxidation sites excluding steroid dienone is 2. The van der Waals surface area contributed by atoms with Gasteiger partial charge in [0.15, 0.2) is 36.2 Å². The second-order valence-corrected chi connectivity index (χ2v) is 12.1. The standard InChI is InChI=1S/C30H34N2O19/c33-8-17-18(35)20(37)24(51-29-22(39)19(36)21(38)23(50-29)28(46)47)30(49-17)48-16-6-10-5-14(27(44)45)32(13(10)7-15(16)34)2-1-9-3-11(25(40)41)31-12(4-9)26(42)43/h1-3,6-7,12,14,17-24,29-30,33,35-39H,4-5,8H2,(H5,34,40,41,42,43,44,45,46,47)/p+1/t12-,14-,17-,18-,19+,20+,21+,22+,23+,24-,29+,30-/m1/s1. The van der Waals surface area contributed by atoms with Gasteiger partial charge in [0.25, 0.3) is 6.04 Å². The van der Waals surface area contributed by atoms with Crippen LogP contribution in [0.15, 0.2) is 35.6 Å². The first-order chi connectivity index (χ1) is 24.0. The Morgan fingerprint density at radius 2 is 1.57 bits per heavy atom. The summed E-state index contributed by atoms with van der Waals surface area (Å²) in [6.07, 6.45) is -16.0. The lowest BCUT2D eigenvalue weighted by Crippen LogP contribution is -2.65. The number of ether oxygens (including phenoxy) is 4. The van der Waals surface area contributed by atoms with E-state index in [9.17, 15) is 75.3 Å². The van der Waals surface area contributed by atoms with Crippen molar-refractivity contribution in [1.29, 1.82) is 0 Å². The summed E-state index contributed by atoms with van der Waals surface area (Å²) in [6, 6.07) is -0.208. The van der Waals surface area contributed by atoms with Crippen molar-refractivity contribution in [2.24, 2.45) is 0 Å². The number of phenols is 1. The smallest absolute Gasteiger partial charge is 0.373 e. The maximum Gasteiger partial charge on any atom is 0.373 e. The number of aliphatic carboxylic acids is 4. The van der Waals surface area contributed by atoms with Crippen LogP contribution in [0.25, 0.3) is 0 Å². The molecule has 4 heterocycles. The third kappa shape index (κ3) is 7.51. The number of benzene rings is 1. The van der Waals surface area contributed by atoms with Gasteiger partial charge in [0.1, 0.15) is 48.4 Å². The van der Waals surface area contributed by atoms with Gasteiger partial charge >= 0.3 is 23.9 Å². The van der Waals surface area contributed by atoms with Crippen LogP contribution in [0.3, 0.4) is 0 Å². The molecule has 21 nitrogen and oxygen atoms in total. The molecule has 2 fully saturated rings. The van der Waals surface area contributed by atoms with Crippen LogP contribution in [0.1, 0.15) is 12.0 Å². The Morgan fingerprint density at radius 3 is 2.18 bits per heavy atom. The first kappa shape index (κ1) is 37.5. The van der Waals surface area contributed by atoms with Crippen molar-refractivity contribution in [3.8, 4) is 11.5 Å². The lowest BCUT2D eigenvalue weighted by molar-refractivity contribution is -0.456. The number of hydrogen-bond acceptors (Lipinski definition) is 16. The highest BCUT2D eigenvalue weighted by atomic mass is 16.8. The second kappa shape index (κ2) is 14.9. The third-order valence-electron chi connectivity index (χ3n) is 8.72.